The second kappa shape index (κ2) is 2.47. The van der Waals surface area contributed by atoms with Crippen LogP contribution in [-0.2, 0) is 0 Å². The maximum Gasteiger partial charge on any atom is -0.0269 e. The van der Waals surface area contributed by atoms with E-state index >= 15 is 0 Å². The lowest BCUT2D eigenvalue weighted by atomic mass is 9.62. The molecule has 2 aliphatic carbocycles. The van der Waals surface area contributed by atoms with Crippen molar-refractivity contribution in [3.05, 3.63) is 0 Å². The summed E-state index contributed by atoms with van der Waals surface area (Å²) >= 11 is 0. The first-order valence-corrected chi connectivity index (χ1v) is 4.97. The van der Waals surface area contributed by atoms with Crippen molar-refractivity contribution in [3.8, 4) is 0 Å². The Labute approximate surface area is 76.5 Å². The second-order valence-electron chi connectivity index (χ2n) is 5.57. The molecule has 2 aliphatic rings. The van der Waals surface area contributed by atoms with Crippen molar-refractivity contribution in [3.63, 3.8) is 0 Å². The molecule has 2 saturated carbocycles. The quantitative estimate of drug-likeness (QED) is 0.590. The molecule has 0 amide bonds. The van der Waals surface area contributed by atoms with E-state index in [2.05, 4.69) is 27.7 Å². The van der Waals surface area contributed by atoms with Gasteiger partial charge in [-0.25, -0.2) is 0 Å². The summed E-state index contributed by atoms with van der Waals surface area (Å²) in [6.07, 6.45) is 4.48. The zero-order chi connectivity index (χ0) is 8.28. The maximum absolute atomic E-state index is 2.50. The van der Waals surface area contributed by atoms with Gasteiger partial charge >= 0.3 is 0 Å². The van der Waals surface area contributed by atoms with Crippen molar-refractivity contribution < 1.29 is 0 Å². The van der Waals surface area contributed by atoms with Crippen LogP contribution in [0.25, 0.3) is 0 Å². The Hall–Kier alpha value is -0.0400. The molecule has 0 spiro atoms. The molecule has 0 aromatic carbocycles. The zero-order valence-electron chi connectivity index (χ0n) is 8.98. The first-order chi connectivity index (χ1) is 4.97. The van der Waals surface area contributed by atoms with Crippen LogP contribution in [0.1, 0.15) is 47.0 Å². The number of hydrogen-bond acceptors (Lipinski definition) is 1. The molecule has 0 heterocycles. The van der Waals surface area contributed by atoms with Gasteiger partial charge in [0.05, 0.1) is 0 Å². The molecule has 0 saturated heterocycles. The molecule has 0 aromatic heterocycles. The van der Waals surface area contributed by atoms with Crippen LogP contribution in [0.4, 0.5) is 0 Å². The fraction of sp³-hybridized carbons (Fsp3) is 1.00. The van der Waals surface area contributed by atoms with Crippen LogP contribution in [0.3, 0.4) is 0 Å². The third-order valence-corrected chi connectivity index (χ3v) is 5.18. The van der Waals surface area contributed by atoms with Crippen molar-refractivity contribution in [2.24, 2.45) is 22.7 Å². The Kier molecular flexibility index (Phi) is 2.07. The topological polar surface area (TPSA) is 35.0 Å². The summed E-state index contributed by atoms with van der Waals surface area (Å²) in [4.78, 5) is 0. The van der Waals surface area contributed by atoms with E-state index < -0.39 is 0 Å². The van der Waals surface area contributed by atoms with Gasteiger partial charge < -0.3 is 6.15 Å². The highest BCUT2D eigenvalue weighted by Crippen LogP contribution is 2.66. The number of hydrogen-bond donors (Lipinski definition) is 1. The Bertz CT molecular complexity index is 183. The Morgan fingerprint density at radius 3 is 2.00 bits per heavy atom. The summed E-state index contributed by atoms with van der Waals surface area (Å²) in [6, 6.07) is 0. The lowest BCUT2D eigenvalue weighted by molar-refractivity contribution is 0.0606. The fourth-order valence-corrected chi connectivity index (χ4v) is 3.44. The van der Waals surface area contributed by atoms with E-state index in [4.69, 9.17) is 0 Å². The van der Waals surface area contributed by atoms with Gasteiger partial charge in [-0.1, -0.05) is 27.7 Å². The van der Waals surface area contributed by atoms with Crippen LogP contribution in [-0.4, -0.2) is 0 Å². The highest BCUT2D eigenvalue weighted by atomic mass is 14.6. The highest BCUT2D eigenvalue weighted by molar-refractivity contribution is 5.07. The van der Waals surface area contributed by atoms with Crippen LogP contribution in [0.2, 0.25) is 0 Å². The van der Waals surface area contributed by atoms with Gasteiger partial charge in [-0.2, -0.15) is 0 Å². The van der Waals surface area contributed by atoms with Gasteiger partial charge in [0.15, 0.2) is 0 Å². The third-order valence-electron chi connectivity index (χ3n) is 5.18. The molecule has 1 nitrogen and oxygen atoms in total. The lowest BCUT2D eigenvalue weighted by Crippen LogP contribution is -2.35. The van der Waals surface area contributed by atoms with Gasteiger partial charge in [0.25, 0.3) is 0 Å². The summed E-state index contributed by atoms with van der Waals surface area (Å²) in [5.41, 5.74) is 1.28. The molecule has 2 fully saturated rings. The second-order valence-corrected chi connectivity index (χ2v) is 5.57. The molecule has 0 radical (unpaired) electrons. The van der Waals surface area contributed by atoms with Crippen LogP contribution in [0.15, 0.2) is 0 Å². The molecule has 2 bridgehead atoms. The van der Waals surface area contributed by atoms with Crippen molar-refractivity contribution in [1.82, 2.24) is 6.15 Å². The first kappa shape index (κ1) is 10.0. The summed E-state index contributed by atoms with van der Waals surface area (Å²) in [6.45, 7) is 9.89. The summed E-state index contributed by atoms with van der Waals surface area (Å²) in [5, 5.41) is 0. The smallest absolute Gasteiger partial charge is 0.0269 e. The predicted octanol–water partition coefficient (Wildman–Crippen LogP) is 3.63. The van der Waals surface area contributed by atoms with Gasteiger partial charge in [-0.3, -0.25) is 0 Å². The van der Waals surface area contributed by atoms with Crippen molar-refractivity contribution in [2.45, 2.75) is 47.0 Å². The molecule has 2 rings (SSSR count). The molecule has 1 heteroatoms. The lowest BCUT2D eigenvalue weighted by Gasteiger charge is -2.43. The first-order valence-electron chi connectivity index (χ1n) is 4.97. The van der Waals surface area contributed by atoms with E-state index in [1.54, 1.807) is 0 Å². The van der Waals surface area contributed by atoms with E-state index in [0.717, 1.165) is 11.8 Å². The summed E-state index contributed by atoms with van der Waals surface area (Å²) in [7, 11) is 0. The average Bonchev–Trinajstić information content (AvgIpc) is 2.36. The van der Waals surface area contributed by atoms with Crippen molar-refractivity contribution in [1.29, 1.82) is 0 Å². The minimum atomic E-state index is 0. The molecule has 0 aliphatic heterocycles. The molecule has 72 valence electrons. The van der Waals surface area contributed by atoms with Gasteiger partial charge in [0.1, 0.15) is 0 Å². The Morgan fingerprint density at radius 1 is 1.17 bits per heavy atom. The number of fused-ring (bicyclic) bond motifs is 2. The minimum absolute atomic E-state index is 0. The summed E-state index contributed by atoms with van der Waals surface area (Å²) in [5.74, 6) is 2.01. The SMILES string of the molecule is CC1C2CCC(C)(C2)C1(C)C.N. The standard InChI is InChI=1S/C11H20.H3N/c1-8-9-5-6-11(4,7-9)10(8,2)3;/h8-9H,5-7H2,1-4H3;1H3. The molecule has 3 atom stereocenters. The Morgan fingerprint density at radius 2 is 1.75 bits per heavy atom. The molecule has 3 N–H and O–H groups in total. The largest absolute Gasteiger partial charge is 0.344 e. The van der Waals surface area contributed by atoms with Crippen LogP contribution in [0.5, 0.6) is 0 Å². The van der Waals surface area contributed by atoms with Gasteiger partial charge in [0, 0.05) is 0 Å². The Balaban J connectivity index is 0.000000720. The molecular formula is C11H23N. The van der Waals surface area contributed by atoms with Crippen molar-refractivity contribution >= 4 is 0 Å². The minimum Gasteiger partial charge on any atom is -0.344 e. The normalized spacial score (nSPS) is 49.0. The van der Waals surface area contributed by atoms with Gasteiger partial charge in [-0.05, 0) is 41.9 Å². The van der Waals surface area contributed by atoms with Crippen LogP contribution < -0.4 is 6.15 Å². The van der Waals surface area contributed by atoms with Gasteiger partial charge in [-0.15, -0.1) is 0 Å². The highest BCUT2D eigenvalue weighted by Gasteiger charge is 2.57. The average molecular weight is 169 g/mol. The van der Waals surface area contributed by atoms with Gasteiger partial charge in [0.2, 0.25) is 0 Å². The van der Waals surface area contributed by atoms with E-state index in [1.807, 2.05) is 0 Å². The maximum atomic E-state index is 2.50. The molecule has 12 heavy (non-hydrogen) atoms. The predicted molar refractivity (Wildman–Crippen MR) is 53.4 cm³/mol. The van der Waals surface area contributed by atoms with Crippen molar-refractivity contribution in [2.75, 3.05) is 0 Å². The summed E-state index contributed by atoms with van der Waals surface area (Å²) < 4.78 is 0. The molecule has 3 unspecified atom stereocenters. The van der Waals surface area contributed by atoms with E-state index in [0.29, 0.717) is 10.8 Å². The zero-order valence-corrected chi connectivity index (χ0v) is 8.98. The molecular weight excluding hydrogens is 146 g/mol. The van der Waals surface area contributed by atoms with E-state index in [1.165, 1.54) is 19.3 Å². The third kappa shape index (κ3) is 0.891. The number of rotatable bonds is 0. The fourth-order valence-electron chi connectivity index (χ4n) is 3.44. The van der Waals surface area contributed by atoms with Crippen LogP contribution in [0, 0.1) is 22.7 Å². The van der Waals surface area contributed by atoms with E-state index in [9.17, 15) is 0 Å². The van der Waals surface area contributed by atoms with Crippen LogP contribution >= 0.6 is 0 Å². The molecule has 0 aromatic rings. The van der Waals surface area contributed by atoms with E-state index in [-0.39, 0.29) is 6.15 Å². The monoisotopic (exact) mass is 169 g/mol.